The van der Waals surface area contributed by atoms with E-state index in [1.54, 1.807) is 43.5 Å². The third-order valence-electron chi connectivity index (χ3n) is 4.69. The van der Waals surface area contributed by atoms with E-state index in [4.69, 9.17) is 23.5 Å². The van der Waals surface area contributed by atoms with Gasteiger partial charge in [-0.1, -0.05) is 5.16 Å². The number of ether oxygens (including phenoxy) is 4. The van der Waals surface area contributed by atoms with Crippen LogP contribution in [0.25, 0.3) is 11.4 Å². The molecule has 0 radical (unpaired) electrons. The zero-order valence-corrected chi connectivity index (χ0v) is 16.6. The Morgan fingerprint density at radius 2 is 1.87 bits per heavy atom. The van der Waals surface area contributed by atoms with Crippen molar-refractivity contribution in [2.75, 3.05) is 20.3 Å². The molecule has 1 unspecified atom stereocenters. The molecular formula is C22H22N2O6. The number of carbonyl (C=O) groups excluding carboxylic acids is 1. The van der Waals surface area contributed by atoms with Crippen LogP contribution in [0.1, 0.15) is 29.1 Å². The van der Waals surface area contributed by atoms with Crippen molar-refractivity contribution in [1.29, 1.82) is 0 Å². The van der Waals surface area contributed by atoms with E-state index in [9.17, 15) is 4.79 Å². The lowest BCUT2D eigenvalue weighted by Crippen LogP contribution is -2.16. The predicted molar refractivity (Wildman–Crippen MR) is 106 cm³/mol. The van der Waals surface area contributed by atoms with Gasteiger partial charge in [-0.25, -0.2) is 4.79 Å². The molecule has 1 aliphatic rings. The highest BCUT2D eigenvalue weighted by Gasteiger charge is 2.16. The molecule has 2 aromatic carbocycles. The Hall–Kier alpha value is -3.39. The first kappa shape index (κ1) is 19.9. The van der Waals surface area contributed by atoms with Gasteiger partial charge >= 0.3 is 5.97 Å². The van der Waals surface area contributed by atoms with E-state index < -0.39 is 5.97 Å². The van der Waals surface area contributed by atoms with Gasteiger partial charge in [-0.05, 0) is 61.4 Å². The summed E-state index contributed by atoms with van der Waals surface area (Å²) in [7, 11) is 1.60. The molecule has 8 heteroatoms. The van der Waals surface area contributed by atoms with E-state index in [2.05, 4.69) is 10.1 Å². The van der Waals surface area contributed by atoms with Gasteiger partial charge in [-0.3, -0.25) is 0 Å². The van der Waals surface area contributed by atoms with Crippen molar-refractivity contribution in [3.63, 3.8) is 0 Å². The molecule has 0 amide bonds. The molecule has 0 spiro atoms. The maximum absolute atomic E-state index is 12.3. The van der Waals surface area contributed by atoms with Crippen LogP contribution in [0.5, 0.6) is 11.5 Å². The van der Waals surface area contributed by atoms with Crippen molar-refractivity contribution >= 4 is 5.97 Å². The lowest BCUT2D eigenvalue weighted by atomic mass is 10.2. The average Bonchev–Trinajstić information content (AvgIpc) is 3.49. The first-order valence-electron chi connectivity index (χ1n) is 9.70. The zero-order chi connectivity index (χ0) is 20.8. The molecule has 3 aromatic rings. The van der Waals surface area contributed by atoms with Crippen molar-refractivity contribution in [2.45, 2.75) is 25.6 Å². The molecule has 0 N–H and O–H groups in total. The third-order valence-corrected chi connectivity index (χ3v) is 4.69. The summed E-state index contributed by atoms with van der Waals surface area (Å²) in [5, 5.41) is 3.91. The second-order valence-electron chi connectivity index (χ2n) is 6.79. The number of hydrogen-bond donors (Lipinski definition) is 0. The highest BCUT2D eigenvalue weighted by molar-refractivity contribution is 5.89. The lowest BCUT2D eigenvalue weighted by Gasteiger charge is -2.11. The summed E-state index contributed by atoms with van der Waals surface area (Å²) >= 11 is 0. The molecular weight excluding hydrogens is 388 g/mol. The number of esters is 1. The standard InChI is InChI=1S/C22H22N2O6/c1-26-17-8-4-15(5-9-17)21-23-20(30-24-21)14-29-22(25)16-6-10-18(11-7-16)28-13-19-3-2-12-27-19/h4-11,19H,2-3,12-14H2,1H3. The van der Waals surface area contributed by atoms with E-state index in [0.717, 1.165) is 30.8 Å². The van der Waals surface area contributed by atoms with Gasteiger partial charge in [0, 0.05) is 12.2 Å². The fourth-order valence-corrected chi connectivity index (χ4v) is 3.03. The van der Waals surface area contributed by atoms with Crippen molar-refractivity contribution in [3.05, 3.63) is 60.0 Å². The minimum atomic E-state index is -0.482. The van der Waals surface area contributed by atoms with Gasteiger partial charge in [0.25, 0.3) is 5.89 Å². The van der Waals surface area contributed by atoms with E-state index in [0.29, 0.717) is 23.7 Å². The number of nitrogens with zero attached hydrogens (tertiary/aromatic N) is 2. The Kier molecular flexibility index (Phi) is 6.24. The number of benzene rings is 2. The second kappa shape index (κ2) is 9.41. The molecule has 1 aliphatic heterocycles. The SMILES string of the molecule is COc1ccc(-c2noc(COC(=O)c3ccc(OCC4CCCO4)cc3)n2)cc1. The lowest BCUT2D eigenvalue weighted by molar-refractivity contribution is 0.0429. The topological polar surface area (TPSA) is 92.9 Å². The summed E-state index contributed by atoms with van der Waals surface area (Å²) in [4.78, 5) is 16.5. The highest BCUT2D eigenvalue weighted by atomic mass is 16.6. The fourth-order valence-electron chi connectivity index (χ4n) is 3.03. The molecule has 30 heavy (non-hydrogen) atoms. The van der Waals surface area contributed by atoms with Crippen LogP contribution in [0, 0.1) is 0 Å². The predicted octanol–water partition coefficient (Wildman–Crippen LogP) is 3.66. The minimum absolute atomic E-state index is 0.112. The van der Waals surface area contributed by atoms with Gasteiger partial charge in [-0.15, -0.1) is 0 Å². The minimum Gasteiger partial charge on any atom is -0.497 e. The first-order valence-corrected chi connectivity index (χ1v) is 9.70. The molecule has 156 valence electrons. The van der Waals surface area contributed by atoms with Crippen LogP contribution in [-0.4, -0.2) is 42.5 Å². The van der Waals surface area contributed by atoms with Crippen LogP contribution >= 0.6 is 0 Å². The molecule has 4 rings (SSSR count). The van der Waals surface area contributed by atoms with Gasteiger partial charge in [0.05, 0.1) is 18.8 Å². The van der Waals surface area contributed by atoms with E-state index in [1.165, 1.54) is 0 Å². The number of rotatable bonds is 8. The van der Waals surface area contributed by atoms with Crippen LogP contribution in [0.3, 0.4) is 0 Å². The summed E-state index contributed by atoms with van der Waals surface area (Å²) in [6.07, 6.45) is 2.23. The van der Waals surface area contributed by atoms with Crippen LogP contribution < -0.4 is 9.47 Å². The van der Waals surface area contributed by atoms with Gasteiger partial charge < -0.3 is 23.5 Å². The fraction of sp³-hybridized carbons (Fsp3) is 0.318. The van der Waals surface area contributed by atoms with Crippen LogP contribution in [-0.2, 0) is 16.1 Å². The molecule has 1 aromatic heterocycles. The van der Waals surface area contributed by atoms with Crippen LogP contribution in [0.2, 0.25) is 0 Å². The van der Waals surface area contributed by atoms with Crippen molar-refractivity contribution < 1.29 is 28.3 Å². The normalized spacial score (nSPS) is 15.7. The zero-order valence-electron chi connectivity index (χ0n) is 16.6. The smallest absolute Gasteiger partial charge is 0.338 e. The molecule has 0 aliphatic carbocycles. The van der Waals surface area contributed by atoms with Gasteiger partial charge in [0.1, 0.15) is 18.1 Å². The summed E-state index contributed by atoms with van der Waals surface area (Å²) in [6, 6.07) is 14.0. The number of hydrogen-bond acceptors (Lipinski definition) is 8. The van der Waals surface area contributed by atoms with Crippen molar-refractivity contribution in [3.8, 4) is 22.9 Å². The molecule has 1 fully saturated rings. The molecule has 1 saturated heterocycles. The number of carbonyl (C=O) groups is 1. The maximum atomic E-state index is 12.3. The molecule has 1 atom stereocenters. The Morgan fingerprint density at radius 3 is 2.57 bits per heavy atom. The average molecular weight is 410 g/mol. The van der Waals surface area contributed by atoms with Crippen molar-refractivity contribution in [2.24, 2.45) is 0 Å². The molecule has 2 heterocycles. The van der Waals surface area contributed by atoms with Gasteiger partial charge in [-0.2, -0.15) is 4.98 Å². The van der Waals surface area contributed by atoms with Gasteiger partial charge in [0.2, 0.25) is 5.82 Å². The summed E-state index contributed by atoms with van der Waals surface area (Å²) < 4.78 is 26.8. The van der Waals surface area contributed by atoms with E-state index >= 15 is 0 Å². The highest BCUT2D eigenvalue weighted by Crippen LogP contribution is 2.20. The maximum Gasteiger partial charge on any atom is 0.338 e. The van der Waals surface area contributed by atoms with Gasteiger partial charge in [0.15, 0.2) is 6.61 Å². The van der Waals surface area contributed by atoms with E-state index in [-0.39, 0.29) is 18.6 Å². The monoisotopic (exact) mass is 410 g/mol. The van der Waals surface area contributed by atoms with Crippen LogP contribution in [0.15, 0.2) is 53.1 Å². The largest absolute Gasteiger partial charge is 0.497 e. The summed E-state index contributed by atoms with van der Waals surface area (Å²) in [5.41, 5.74) is 1.19. The van der Waals surface area contributed by atoms with Crippen molar-refractivity contribution in [1.82, 2.24) is 10.1 Å². The van der Waals surface area contributed by atoms with Crippen LogP contribution in [0.4, 0.5) is 0 Å². The number of methoxy groups -OCH3 is 1. The molecule has 0 saturated carbocycles. The number of aromatic nitrogens is 2. The summed E-state index contributed by atoms with van der Waals surface area (Å²) in [6.45, 7) is 1.19. The second-order valence-corrected chi connectivity index (χ2v) is 6.79. The molecule has 0 bridgehead atoms. The first-order chi connectivity index (χ1) is 14.7. The quantitative estimate of drug-likeness (QED) is 0.520. The molecule has 8 nitrogen and oxygen atoms in total. The third kappa shape index (κ3) is 4.96. The Labute approximate surface area is 173 Å². The Balaban J connectivity index is 1.28. The Bertz CT molecular complexity index is 962. The summed E-state index contributed by atoms with van der Waals surface area (Å²) in [5.74, 6) is 1.56. The Morgan fingerprint density at radius 1 is 1.10 bits per heavy atom. The van der Waals surface area contributed by atoms with E-state index in [1.807, 2.05) is 12.1 Å².